The first-order valence-electron chi connectivity index (χ1n) is 4.60. The topological polar surface area (TPSA) is 12.9 Å². The SMILES string of the molecule is Fc1nccc(Cc2ccccc2)c1Cl. The third kappa shape index (κ3) is 2.34. The van der Waals surface area contributed by atoms with E-state index in [4.69, 9.17) is 11.6 Å². The van der Waals surface area contributed by atoms with E-state index < -0.39 is 5.95 Å². The van der Waals surface area contributed by atoms with Crippen LogP contribution in [0.1, 0.15) is 11.1 Å². The first-order valence-corrected chi connectivity index (χ1v) is 4.98. The smallest absolute Gasteiger partial charge is 0.227 e. The van der Waals surface area contributed by atoms with Crippen LogP contribution in [0.3, 0.4) is 0 Å². The van der Waals surface area contributed by atoms with Gasteiger partial charge in [-0.05, 0) is 23.6 Å². The number of hydrogen-bond donors (Lipinski definition) is 0. The molecule has 1 heterocycles. The van der Waals surface area contributed by atoms with Gasteiger partial charge in [-0.1, -0.05) is 41.9 Å². The molecule has 0 aliphatic heterocycles. The third-order valence-electron chi connectivity index (χ3n) is 2.16. The standard InChI is InChI=1S/C12H9ClFN/c13-11-10(6-7-15-12(11)14)8-9-4-2-1-3-5-9/h1-7H,8H2. The Hall–Kier alpha value is -1.41. The highest BCUT2D eigenvalue weighted by atomic mass is 35.5. The zero-order valence-corrected chi connectivity index (χ0v) is 8.71. The van der Waals surface area contributed by atoms with Crippen LogP contribution in [0.2, 0.25) is 5.02 Å². The number of aromatic nitrogens is 1. The zero-order chi connectivity index (χ0) is 10.7. The maximum Gasteiger partial charge on any atom is 0.231 e. The largest absolute Gasteiger partial charge is 0.231 e. The van der Waals surface area contributed by atoms with Crippen LogP contribution in [0.25, 0.3) is 0 Å². The maximum absolute atomic E-state index is 13.0. The molecule has 0 saturated carbocycles. The van der Waals surface area contributed by atoms with E-state index in [0.717, 1.165) is 11.1 Å². The van der Waals surface area contributed by atoms with Crippen molar-refractivity contribution in [1.29, 1.82) is 0 Å². The normalized spacial score (nSPS) is 10.3. The van der Waals surface area contributed by atoms with Gasteiger partial charge in [-0.15, -0.1) is 0 Å². The van der Waals surface area contributed by atoms with Gasteiger partial charge in [0, 0.05) is 6.20 Å². The summed E-state index contributed by atoms with van der Waals surface area (Å²) >= 11 is 5.81. The van der Waals surface area contributed by atoms with Gasteiger partial charge in [-0.2, -0.15) is 4.39 Å². The predicted octanol–water partition coefficient (Wildman–Crippen LogP) is 3.46. The Morgan fingerprint density at radius 2 is 1.87 bits per heavy atom. The molecule has 0 radical (unpaired) electrons. The van der Waals surface area contributed by atoms with Crippen molar-refractivity contribution < 1.29 is 4.39 Å². The van der Waals surface area contributed by atoms with Crippen molar-refractivity contribution in [3.8, 4) is 0 Å². The summed E-state index contributed by atoms with van der Waals surface area (Å²) in [6.07, 6.45) is 2.05. The van der Waals surface area contributed by atoms with E-state index in [1.165, 1.54) is 6.20 Å². The molecule has 3 heteroatoms. The first kappa shape index (κ1) is 10.1. The average molecular weight is 222 g/mol. The lowest BCUT2D eigenvalue weighted by molar-refractivity contribution is 0.582. The van der Waals surface area contributed by atoms with Gasteiger partial charge in [0.15, 0.2) is 0 Å². The van der Waals surface area contributed by atoms with Gasteiger partial charge >= 0.3 is 0 Å². The van der Waals surface area contributed by atoms with Crippen LogP contribution in [0, 0.1) is 5.95 Å². The molecule has 15 heavy (non-hydrogen) atoms. The van der Waals surface area contributed by atoms with Crippen LogP contribution in [0.15, 0.2) is 42.6 Å². The number of pyridine rings is 1. The lowest BCUT2D eigenvalue weighted by atomic mass is 10.1. The Bertz CT molecular complexity index is 456. The number of benzene rings is 1. The first-order chi connectivity index (χ1) is 7.27. The molecule has 2 aromatic rings. The third-order valence-corrected chi connectivity index (χ3v) is 2.56. The minimum atomic E-state index is -0.606. The number of rotatable bonds is 2. The molecular formula is C12H9ClFN. The molecule has 0 amide bonds. The highest BCUT2D eigenvalue weighted by molar-refractivity contribution is 6.31. The van der Waals surface area contributed by atoms with E-state index in [1.54, 1.807) is 6.07 Å². The number of hydrogen-bond acceptors (Lipinski definition) is 1. The van der Waals surface area contributed by atoms with Crippen LogP contribution < -0.4 is 0 Å². The van der Waals surface area contributed by atoms with E-state index >= 15 is 0 Å². The van der Waals surface area contributed by atoms with Crippen LogP contribution in [-0.2, 0) is 6.42 Å². The van der Waals surface area contributed by atoms with E-state index in [0.29, 0.717) is 6.42 Å². The fourth-order valence-electron chi connectivity index (χ4n) is 1.41. The average Bonchev–Trinajstić information content (AvgIpc) is 2.26. The second-order valence-electron chi connectivity index (χ2n) is 3.24. The highest BCUT2D eigenvalue weighted by Gasteiger charge is 2.06. The maximum atomic E-state index is 13.0. The molecule has 0 fully saturated rings. The second kappa shape index (κ2) is 4.41. The minimum Gasteiger partial charge on any atom is -0.227 e. The van der Waals surface area contributed by atoms with E-state index in [2.05, 4.69) is 4.98 Å². The predicted molar refractivity (Wildman–Crippen MR) is 58.5 cm³/mol. The summed E-state index contributed by atoms with van der Waals surface area (Å²) in [5, 5.41) is 0.112. The molecule has 2 rings (SSSR count). The fourth-order valence-corrected chi connectivity index (χ4v) is 1.59. The van der Waals surface area contributed by atoms with Crippen LogP contribution in [0.5, 0.6) is 0 Å². The summed E-state index contributed by atoms with van der Waals surface area (Å²) in [7, 11) is 0. The minimum absolute atomic E-state index is 0.112. The molecule has 0 aliphatic carbocycles. The van der Waals surface area contributed by atoms with Gasteiger partial charge in [0.25, 0.3) is 0 Å². The molecule has 0 bridgehead atoms. The van der Waals surface area contributed by atoms with Gasteiger partial charge in [0.1, 0.15) is 0 Å². The lowest BCUT2D eigenvalue weighted by Crippen LogP contribution is -1.93. The van der Waals surface area contributed by atoms with Crippen molar-refractivity contribution >= 4 is 11.6 Å². The van der Waals surface area contributed by atoms with E-state index in [1.807, 2.05) is 30.3 Å². The molecule has 76 valence electrons. The van der Waals surface area contributed by atoms with Crippen molar-refractivity contribution in [2.75, 3.05) is 0 Å². The van der Waals surface area contributed by atoms with Gasteiger partial charge in [-0.25, -0.2) is 4.98 Å². The molecule has 0 unspecified atom stereocenters. The van der Waals surface area contributed by atoms with Crippen molar-refractivity contribution in [3.05, 3.63) is 64.7 Å². The van der Waals surface area contributed by atoms with Crippen LogP contribution in [-0.4, -0.2) is 4.98 Å². The van der Waals surface area contributed by atoms with Crippen LogP contribution >= 0.6 is 11.6 Å². The van der Waals surface area contributed by atoms with Gasteiger partial charge in [0.05, 0.1) is 5.02 Å². The Kier molecular flexibility index (Phi) is 2.97. The number of nitrogens with zero attached hydrogens (tertiary/aromatic N) is 1. The zero-order valence-electron chi connectivity index (χ0n) is 7.95. The summed E-state index contributed by atoms with van der Waals surface area (Å²) in [4.78, 5) is 3.48. The molecule has 0 N–H and O–H groups in total. The lowest BCUT2D eigenvalue weighted by Gasteiger charge is -2.04. The Balaban J connectivity index is 2.29. The highest BCUT2D eigenvalue weighted by Crippen LogP contribution is 2.20. The van der Waals surface area contributed by atoms with Gasteiger partial charge in [0.2, 0.25) is 5.95 Å². The molecule has 1 aromatic carbocycles. The summed E-state index contributed by atoms with van der Waals surface area (Å²) < 4.78 is 13.0. The second-order valence-corrected chi connectivity index (χ2v) is 3.62. The molecule has 0 spiro atoms. The van der Waals surface area contributed by atoms with E-state index in [-0.39, 0.29) is 5.02 Å². The van der Waals surface area contributed by atoms with Crippen molar-refractivity contribution in [2.45, 2.75) is 6.42 Å². The number of halogens is 2. The quantitative estimate of drug-likeness (QED) is 0.708. The summed E-state index contributed by atoms with van der Waals surface area (Å²) in [6, 6.07) is 11.5. The summed E-state index contributed by atoms with van der Waals surface area (Å²) in [5.74, 6) is -0.606. The monoisotopic (exact) mass is 221 g/mol. The van der Waals surface area contributed by atoms with Gasteiger partial charge in [-0.3, -0.25) is 0 Å². The summed E-state index contributed by atoms with van der Waals surface area (Å²) in [6.45, 7) is 0. The molecular weight excluding hydrogens is 213 g/mol. The van der Waals surface area contributed by atoms with Crippen molar-refractivity contribution in [2.24, 2.45) is 0 Å². The molecule has 0 saturated heterocycles. The Morgan fingerprint density at radius 1 is 1.13 bits per heavy atom. The van der Waals surface area contributed by atoms with Gasteiger partial charge < -0.3 is 0 Å². The van der Waals surface area contributed by atoms with Crippen molar-refractivity contribution in [1.82, 2.24) is 4.98 Å². The Labute approximate surface area is 92.5 Å². The molecule has 0 aliphatic rings. The molecule has 1 nitrogen and oxygen atoms in total. The van der Waals surface area contributed by atoms with Crippen LogP contribution in [0.4, 0.5) is 4.39 Å². The fraction of sp³-hybridized carbons (Fsp3) is 0.0833. The van der Waals surface area contributed by atoms with E-state index in [9.17, 15) is 4.39 Å². The molecule has 1 aromatic heterocycles. The Morgan fingerprint density at radius 3 is 2.60 bits per heavy atom. The van der Waals surface area contributed by atoms with Crippen molar-refractivity contribution in [3.63, 3.8) is 0 Å². The summed E-state index contributed by atoms with van der Waals surface area (Å²) in [5.41, 5.74) is 1.86. The molecule has 0 atom stereocenters.